The number of ether oxygens (including phenoxy) is 1. The molecule has 114 valence electrons. The highest BCUT2D eigenvalue weighted by atomic mass is 32.2. The van der Waals surface area contributed by atoms with Crippen LogP contribution in [0.4, 0.5) is 4.39 Å². The maximum atomic E-state index is 12.7. The number of halogens is 1. The maximum absolute atomic E-state index is 12.7. The monoisotopic (exact) mass is 329 g/mol. The topological polar surface area (TPSA) is 46.6 Å². The van der Waals surface area contributed by atoms with Crippen LogP contribution in [0, 0.1) is 5.82 Å². The quantitative estimate of drug-likeness (QED) is 0.734. The molecule has 7 heteroatoms. The Bertz CT molecular complexity index is 654. The minimum Gasteiger partial charge on any atom is -0.494 e. The zero-order valence-electron chi connectivity index (χ0n) is 11.5. The van der Waals surface area contributed by atoms with Crippen molar-refractivity contribution in [3.63, 3.8) is 0 Å². The summed E-state index contributed by atoms with van der Waals surface area (Å²) >= 11 is 1.20. The fourth-order valence-electron chi connectivity index (χ4n) is 1.69. The highest BCUT2D eigenvalue weighted by Gasteiger charge is 2.20. The number of thiophene rings is 1. The van der Waals surface area contributed by atoms with Crippen LogP contribution in [0.2, 0.25) is 0 Å². The van der Waals surface area contributed by atoms with Gasteiger partial charge >= 0.3 is 0 Å². The van der Waals surface area contributed by atoms with Crippen molar-refractivity contribution in [3.05, 3.63) is 47.6 Å². The van der Waals surface area contributed by atoms with Gasteiger partial charge in [-0.2, -0.15) is 0 Å². The van der Waals surface area contributed by atoms with E-state index in [-0.39, 0.29) is 5.82 Å². The van der Waals surface area contributed by atoms with Crippen molar-refractivity contribution in [2.75, 3.05) is 20.2 Å². The van der Waals surface area contributed by atoms with Gasteiger partial charge in [-0.05, 0) is 42.1 Å². The van der Waals surface area contributed by atoms with E-state index in [2.05, 4.69) is 0 Å². The van der Waals surface area contributed by atoms with Gasteiger partial charge in [-0.3, -0.25) is 0 Å². The molecule has 2 rings (SSSR count). The van der Waals surface area contributed by atoms with Crippen molar-refractivity contribution in [1.82, 2.24) is 4.31 Å². The molecule has 0 bridgehead atoms. The van der Waals surface area contributed by atoms with Crippen molar-refractivity contribution >= 4 is 21.4 Å². The first-order valence-electron chi connectivity index (χ1n) is 6.38. The van der Waals surface area contributed by atoms with Crippen molar-refractivity contribution in [1.29, 1.82) is 0 Å². The molecule has 0 saturated carbocycles. The lowest BCUT2D eigenvalue weighted by atomic mass is 10.3. The third-order valence-corrected chi connectivity index (χ3v) is 6.09. The van der Waals surface area contributed by atoms with Crippen molar-refractivity contribution < 1.29 is 17.5 Å². The van der Waals surface area contributed by atoms with Crippen molar-refractivity contribution in [3.8, 4) is 5.75 Å². The first-order chi connectivity index (χ1) is 10.00. The molecule has 0 spiro atoms. The average molecular weight is 329 g/mol. The molecule has 1 aromatic carbocycles. The minimum absolute atomic E-state index is 0.316. The Morgan fingerprint density at radius 3 is 2.57 bits per heavy atom. The number of nitrogens with zero attached hydrogens (tertiary/aromatic N) is 1. The van der Waals surface area contributed by atoms with Crippen LogP contribution in [0.1, 0.15) is 6.42 Å². The van der Waals surface area contributed by atoms with Crippen LogP contribution in [0.5, 0.6) is 5.75 Å². The molecule has 0 atom stereocenters. The molecule has 0 aliphatic heterocycles. The van der Waals surface area contributed by atoms with Crippen LogP contribution in [0.3, 0.4) is 0 Å². The van der Waals surface area contributed by atoms with Crippen molar-refractivity contribution in [2.24, 2.45) is 0 Å². The number of benzene rings is 1. The number of sulfonamides is 1. The smallest absolute Gasteiger partial charge is 0.252 e. The Hall–Kier alpha value is -1.44. The largest absolute Gasteiger partial charge is 0.494 e. The summed E-state index contributed by atoms with van der Waals surface area (Å²) in [4.78, 5) is 0. The Labute approximate surface area is 127 Å². The number of hydrogen-bond donors (Lipinski definition) is 0. The van der Waals surface area contributed by atoms with E-state index in [1.165, 1.54) is 27.8 Å². The first-order valence-corrected chi connectivity index (χ1v) is 8.70. The summed E-state index contributed by atoms with van der Waals surface area (Å²) in [6.45, 7) is 0.733. The van der Waals surface area contributed by atoms with Crippen LogP contribution in [-0.2, 0) is 10.0 Å². The third-order valence-electron chi connectivity index (χ3n) is 2.86. The minimum atomic E-state index is -3.40. The lowest BCUT2D eigenvalue weighted by molar-refractivity contribution is 0.296. The Morgan fingerprint density at radius 1 is 1.24 bits per heavy atom. The molecular formula is C14H16FNO3S2. The summed E-state index contributed by atoms with van der Waals surface area (Å²) in [5.74, 6) is 0.254. The molecule has 1 heterocycles. The van der Waals surface area contributed by atoms with E-state index in [1.807, 2.05) is 0 Å². The molecule has 0 aliphatic rings. The SMILES string of the molecule is CN(CCCOc1ccc(F)cc1)S(=O)(=O)c1cccs1. The van der Waals surface area contributed by atoms with Crippen LogP contribution in [0.25, 0.3) is 0 Å². The van der Waals surface area contributed by atoms with Crippen LogP contribution in [0.15, 0.2) is 46.0 Å². The van der Waals surface area contributed by atoms with Crippen molar-refractivity contribution in [2.45, 2.75) is 10.6 Å². The van der Waals surface area contributed by atoms with E-state index in [1.54, 1.807) is 36.7 Å². The summed E-state index contributed by atoms with van der Waals surface area (Å²) < 4.78 is 44.1. The predicted octanol–water partition coefficient (Wildman–Crippen LogP) is 2.98. The summed E-state index contributed by atoms with van der Waals surface area (Å²) in [6, 6.07) is 9.03. The van der Waals surface area contributed by atoms with Gasteiger partial charge in [0.25, 0.3) is 10.0 Å². The van der Waals surface area contributed by atoms with E-state index in [0.29, 0.717) is 29.5 Å². The molecule has 0 aliphatic carbocycles. The molecule has 0 radical (unpaired) electrons. The molecule has 0 N–H and O–H groups in total. The van der Waals surface area contributed by atoms with Crippen LogP contribution in [-0.4, -0.2) is 32.9 Å². The molecular weight excluding hydrogens is 313 g/mol. The number of hydrogen-bond acceptors (Lipinski definition) is 4. The standard InChI is InChI=1S/C14H16FNO3S2/c1-16(21(17,18)14-4-2-11-20-14)9-3-10-19-13-7-5-12(15)6-8-13/h2,4-8,11H,3,9-10H2,1H3. The third kappa shape index (κ3) is 4.26. The lowest BCUT2D eigenvalue weighted by Gasteiger charge is -2.16. The summed E-state index contributed by atoms with van der Waals surface area (Å²) in [5, 5.41) is 1.73. The van der Waals surface area contributed by atoms with Crippen LogP contribution < -0.4 is 4.74 Å². The molecule has 2 aromatic rings. The first kappa shape index (κ1) is 15.9. The van der Waals surface area contributed by atoms with E-state index in [0.717, 1.165) is 0 Å². The van der Waals surface area contributed by atoms with Crippen LogP contribution >= 0.6 is 11.3 Å². The summed E-state index contributed by atoms with van der Waals surface area (Å²) in [7, 11) is -1.85. The molecule has 1 aromatic heterocycles. The zero-order valence-corrected chi connectivity index (χ0v) is 13.2. The second kappa shape index (κ2) is 7.02. The van der Waals surface area contributed by atoms with E-state index in [9.17, 15) is 12.8 Å². The summed E-state index contributed by atoms with van der Waals surface area (Å²) in [6.07, 6.45) is 0.554. The fourth-order valence-corrected chi connectivity index (χ4v) is 4.10. The Kier molecular flexibility index (Phi) is 5.33. The van der Waals surface area contributed by atoms with Gasteiger partial charge in [0.05, 0.1) is 6.61 Å². The van der Waals surface area contributed by atoms with Gasteiger partial charge < -0.3 is 4.74 Å². The van der Waals surface area contributed by atoms with E-state index < -0.39 is 10.0 Å². The highest BCUT2D eigenvalue weighted by Crippen LogP contribution is 2.20. The van der Waals surface area contributed by atoms with Gasteiger partial charge in [0.1, 0.15) is 15.8 Å². The molecule has 0 fully saturated rings. The van der Waals surface area contributed by atoms with Gasteiger partial charge in [-0.25, -0.2) is 17.1 Å². The normalized spacial score (nSPS) is 11.8. The predicted molar refractivity (Wildman–Crippen MR) is 80.6 cm³/mol. The van der Waals surface area contributed by atoms with E-state index in [4.69, 9.17) is 4.74 Å². The Morgan fingerprint density at radius 2 is 1.95 bits per heavy atom. The fraction of sp³-hybridized carbons (Fsp3) is 0.286. The second-order valence-electron chi connectivity index (χ2n) is 4.41. The Balaban J connectivity index is 1.79. The maximum Gasteiger partial charge on any atom is 0.252 e. The molecule has 0 amide bonds. The van der Waals surface area contributed by atoms with Gasteiger partial charge in [0, 0.05) is 13.6 Å². The molecule has 21 heavy (non-hydrogen) atoms. The van der Waals surface area contributed by atoms with Gasteiger partial charge in [0.2, 0.25) is 0 Å². The van der Waals surface area contributed by atoms with Gasteiger partial charge in [-0.15, -0.1) is 11.3 Å². The van der Waals surface area contributed by atoms with Gasteiger partial charge in [0.15, 0.2) is 0 Å². The lowest BCUT2D eigenvalue weighted by Crippen LogP contribution is -2.28. The highest BCUT2D eigenvalue weighted by molar-refractivity contribution is 7.91. The zero-order chi connectivity index (χ0) is 15.3. The van der Waals surface area contributed by atoms with E-state index >= 15 is 0 Å². The molecule has 4 nitrogen and oxygen atoms in total. The number of rotatable bonds is 7. The second-order valence-corrected chi connectivity index (χ2v) is 7.63. The molecule has 0 unspecified atom stereocenters. The average Bonchev–Trinajstić information content (AvgIpc) is 3.00. The van der Waals surface area contributed by atoms with Gasteiger partial charge in [-0.1, -0.05) is 6.07 Å². The molecule has 0 saturated heterocycles. The summed E-state index contributed by atoms with van der Waals surface area (Å²) in [5.41, 5.74) is 0.